The lowest BCUT2D eigenvalue weighted by molar-refractivity contribution is 0.329. The maximum atomic E-state index is 5.79. The van der Waals surface area contributed by atoms with Crippen molar-refractivity contribution in [1.82, 2.24) is 18.7 Å². The highest BCUT2D eigenvalue weighted by atomic mass is 31.3. The zero-order chi connectivity index (χ0) is 15.0. The molecule has 0 amide bonds. The molecule has 0 saturated carbocycles. The molecule has 0 N–H and O–H groups in total. The van der Waals surface area contributed by atoms with Crippen molar-refractivity contribution in [3.8, 4) is 0 Å². The fourth-order valence-corrected chi connectivity index (χ4v) is 16.1. The summed E-state index contributed by atoms with van der Waals surface area (Å²) >= 11 is 0. The molecule has 5 heterocycles. The lowest BCUT2D eigenvalue weighted by Crippen LogP contribution is -2.11. The Labute approximate surface area is 131 Å². The minimum absolute atomic E-state index is 1.09. The van der Waals surface area contributed by atoms with Gasteiger partial charge in [-0.15, -0.1) is 0 Å². The van der Waals surface area contributed by atoms with Gasteiger partial charge in [-0.3, -0.25) is 0 Å². The Morgan fingerprint density at radius 3 is 1.27 bits per heavy atom. The van der Waals surface area contributed by atoms with E-state index in [1.807, 2.05) is 0 Å². The van der Waals surface area contributed by atoms with Crippen molar-refractivity contribution in [1.29, 1.82) is 0 Å². The van der Waals surface area contributed by atoms with E-state index < -0.39 is 22.7 Å². The number of nitrogens with zero attached hydrogens (tertiary/aromatic N) is 7. The largest absolute Gasteiger partial charge is 0.345 e. The van der Waals surface area contributed by atoms with Crippen LogP contribution in [0.25, 0.3) is 0 Å². The van der Waals surface area contributed by atoms with Crippen LogP contribution in [-0.2, 0) is 9.05 Å². The van der Waals surface area contributed by atoms with Gasteiger partial charge in [-0.2, -0.15) is 13.5 Å². The van der Waals surface area contributed by atoms with Crippen LogP contribution in [0, 0.1) is 0 Å². The average Bonchev–Trinajstić information content (AvgIpc) is 3.46. The van der Waals surface area contributed by atoms with E-state index in [4.69, 9.17) is 22.6 Å². The lowest BCUT2D eigenvalue weighted by Gasteiger charge is -2.36. The summed E-state index contributed by atoms with van der Waals surface area (Å²) in [5, 5.41) is 0. The minimum Gasteiger partial charge on any atom is -0.310 e. The molecule has 0 bridgehead atoms. The van der Waals surface area contributed by atoms with E-state index in [2.05, 4.69) is 18.7 Å². The molecule has 124 valence electrons. The van der Waals surface area contributed by atoms with E-state index in [9.17, 15) is 0 Å². The van der Waals surface area contributed by atoms with Gasteiger partial charge in [0.25, 0.3) is 0 Å². The standard InChI is InChI=1S/C10H22N7O2P3/c1-18-22(19-2)12-20(14-3-4-14,15-5-6-15)11-21(13-22,16-7-8-16)17-9-10-17/h3-10H2,1-2H3. The molecule has 22 heavy (non-hydrogen) atoms. The van der Waals surface area contributed by atoms with Gasteiger partial charge in [-0.1, -0.05) is 0 Å². The van der Waals surface area contributed by atoms with Crippen LogP contribution in [0.15, 0.2) is 13.5 Å². The molecule has 5 aliphatic heterocycles. The van der Waals surface area contributed by atoms with Gasteiger partial charge in [0.15, 0.2) is 0 Å². The summed E-state index contributed by atoms with van der Waals surface area (Å²) in [6.07, 6.45) is 0. The van der Waals surface area contributed by atoms with Crippen LogP contribution < -0.4 is 0 Å². The molecular formula is C10H22N7O2P3. The lowest BCUT2D eigenvalue weighted by atomic mass is 11.0. The van der Waals surface area contributed by atoms with E-state index in [1.54, 1.807) is 14.2 Å². The molecule has 12 heteroatoms. The number of rotatable bonds is 6. The van der Waals surface area contributed by atoms with Gasteiger partial charge >= 0.3 is 7.66 Å². The normalized spacial score (nSPS) is 35.2. The van der Waals surface area contributed by atoms with E-state index in [-0.39, 0.29) is 0 Å². The Balaban J connectivity index is 1.79. The molecule has 5 rings (SSSR count). The zero-order valence-electron chi connectivity index (χ0n) is 12.9. The molecule has 0 spiro atoms. The highest BCUT2D eigenvalue weighted by molar-refractivity contribution is 7.81. The first-order valence-corrected chi connectivity index (χ1v) is 12.4. The van der Waals surface area contributed by atoms with Gasteiger partial charge in [0.1, 0.15) is 0 Å². The van der Waals surface area contributed by atoms with E-state index >= 15 is 0 Å². The third-order valence-electron chi connectivity index (χ3n) is 4.39. The second kappa shape index (κ2) is 4.75. The van der Waals surface area contributed by atoms with Gasteiger partial charge in [-0.05, 0) is 0 Å². The molecule has 0 aromatic rings. The topological polar surface area (TPSA) is 67.6 Å². The van der Waals surface area contributed by atoms with Crippen molar-refractivity contribution in [2.75, 3.05) is 66.6 Å². The first-order valence-electron chi connectivity index (χ1n) is 7.71. The van der Waals surface area contributed by atoms with Crippen LogP contribution in [0.2, 0.25) is 0 Å². The molecule has 4 saturated heterocycles. The van der Waals surface area contributed by atoms with Crippen LogP contribution in [0.1, 0.15) is 0 Å². The van der Waals surface area contributed by atoms with Crippen molar-refractivity contribution in [3.05, 3.63) is 0 Å². The summed E-state index contributed by atoms with van der Waals surface area (Å²) in [5.74, 6) is 0. The van der Waals surface area contributed by atoms with Crippen molar-refractivity contribution >= 4 is 22.7 Å². The van der Waals surface area contributed by atoms with Crippen molar-refractivity contribution in [3.63, 3.8) is 0 Å². The molecule has 0 aromatic heterocycles. The SMILES string of the molecule is COP1(OC)=NP(N2CC2)(N2CC2)=NP(N2CC2)(N2CC2)=N1. The number of hydrogen-bond donors (Lipinski definition) is 0. The molecule has 0 aliphatic carbocycles. The maximum Gasteiger partial charge on any atom is 0.345 e. The Morgan fingerprint density at radius 1 is 0.591 bits per heavy atom. The molecule has 0 unspecified atom stereocenters. The molecule has 9 nitrogen and oxygen atoms in total. The maximum absolute atomic E-state index is 5.79. The van der Waals surface area contributed by atoms with E-state index in [1.165, 1.54) is 0 Å². The van der Waals surface area contributed by atoms with Gasteiger partial charge in [0.05, 0.1) is 0 Å². The second-order valence-electron chi connectivity index (χ2n) is 6.01. The molecular weight excluding hydrogens is 343 g/mol. The Hall–Kier alpha value is 0.450. The van der Waals surface area contributed by atoms with Crippen LogP contribution in [0.4, 0.5) is 0 Å². The van der Waals surface area contributed by atoms with Crippen molar-refractivity contribution in [2.45, 2.75) is 0 Å². The third kappa shape index (κ3) is 2.12. The summed E-state index contributed by atoms with van der Waals surface area (Å²) in [6.45, 7) is 8.70. The van der Waals surface area contributed by atoms with E-state index in [0.29, 0.717) is 0 Å². The highest BCUT2D eigenvalue weighted by Crippen LogP contribution is 2.85. The monoisotopic (exact) mass is 365 g/mol. The Bertz CT molecular complexity index is 610. The Kier molecular flexibility index (Phi) is 3.19. The summed E-state index contributed by atoms with van der Waals surface area (Å²) in [5.41, 5.74) is 0. The first kappa shape index (κ1) is 14.8. The smallest absolute Gasteiger partial charge is 0.310 e. The van der Waals surface area contributed by atoms with Gasteiger partial charge in [0.2, 0.25) is 15.0 Å². The highest BCUT2D eigenvalue weighted by Gasteiger charge is 2.56. The molecule has 0 radical (unpaired) electrons. The summed E-state index contributed by atoms with van der Waals surface area (Å²) in [4.78, 5) is 0. The van der Waals surface area contributed by atoms with Crippen LogP contribution in [0.3, 0.4) is 0 Å². The fraction of sp³-hybridized carbons (Fsp3) is 1.00. The molecule has 0 atom stereocenters. The number of hydrogen-bond acceptors (Lipinski definition) is 9. The van der Waals surface area contributed by atoms with E-state index in [0.717, 1.165) is 52.4 Å². The van der Waals surface area contributed by atoms with Crippen LogP contribution in [-0.4, -0.2) is 85.3 Å². The second-order valence-corrected chi connectivity index (χ2v) is 14.3. The molecule has 0 aromatic carbocycles. The zero-order valence-corrected chi connectivity index (χ0v) is 15.6. The van der Waals surface area contributed by atoms with Gasteiger partial charge in [-0.25, -0.2) is 18.7 Å². The molecule has 4 fully saturated rings. The van der Waals surface area contributed by atoms with Crippen LogP contribution in [0.5, 0.6) is 0 Å². The minimum atomic E-state index is -2.56. The van der Waals surface area contributed by atoms with Gasteiger partial charge < -0.3 is 9.05 Å². The summed E-state index contributed by atoms with van der Waals surface area (Å²) in [7, 11) is -3.24. The Morgan fingerprint density at radius 2 is 0.955 bits per heavy atom. The fourth-order valence-electron chi connectivity index (χ4n) is 2.80. The average molecular weight is 365 g/mol. The summed E-state index contributed by atoms with van der Waals surface area (Å²) < 4.78 is 37.0. The first-order chi connectivity index (χ1) is 10.7. The predicted molar refractivity (Wildman–Crippen MR) is 88.4 cm³/mol. The predicted octanol–water partition coefficient (Wildman–Crippen LogP) is 2.39. The quantitative estimate of drug-likeness (QED) is 0.532. The van der Waals surface area contributed by atoms with Crippen LogP contribution >= 0.6 is 22.7 Å². The van der Waals surface area contributed by atoms with Gasteiger partial charge in [0, 0.05) is 66.6 Å². The molecule has 5 aliphatic rings. The van der Waals surface area contributed by atoms with Crippen molar-refractivity contribution in [2.24, 2.45) is 13.5 Å². The van der Waals surface area contributed by atoms with Crippen molar-refractivity contribution < 1.29 is 9.05 Å². The third-order valence-corrected chi connectivity index (χ3v) is 15.6. The summed E-state index contributed by atoms with van der Waals surface area (Å²) in [6, 6.07) is 0.